The van der Waals surface area contributed by atoms with E-state index in [0.29, 0.717) is 5.56 Å². The predicted molar refractivity (Wildman–Crippen MR) is 80.3 cm³/mol. The summed E-state index contributed by atoms with van der Waals surface area (Å²) in [6.45, 7) is 8.26. The molecule has 2 rings (SSSR count). The molecular formula is C18H21FO. The standard InChI is InChI=1S/C18H21FO/c1-12-9-14(11-16(19)10-12)17(20)13-5-7-15(8-6-13)18(2,3)4/h5-11,17,20H,1-4H3. The number of halogens is 1. The number of rotatable bonds is 2. The van der Waals surface area contributed by atoms with E-state index in [-0.39, 0.29) is 11.2 Å². The lowest BCUT2D eigenvalue weighted by molar-refractivity contribution is 0.219. The zero-order valence-corrected chi connectivity index (χ0v) is 12.4. The summed E-state index contributed by atoms with van der Waals surface area (Å²) in [6.07, 6.45) is -0.793. The van der Waals surface area contributed by atoms with Crippen LogP contribution in [0.4, 0.5) is 4.39 Å². The van der Waals surface area contributed by atoms with Gasteiger partial charge in [-0.2, -0.15) is 0 Å². The van der Waals surface area contributed by atoms with Crippen LogP contribution in [0.3, 0.4) is 0 Å². The summed E-state index contributed by atoms with van der Waals surface area (Å²) in [5.41, 5.74) is 3.47. The minimum atomic E-state index is -0.793. The first kappa shape index (κ1) is 14.7. The molecule has 1 atom stereocenters. The molecule has 2 aromatic rings. The predicted octanol–water partition coefficient (Wildman–Crippen LogP) is 4.51. The van der Waals surface area contributed by atoms with Crippen LogP contribution >= 0.6 is 0 Å². The first-order valence-corrected chi connectivity index (χ1v) is 6.83. The van der Waals surface area contributed by atoms with E-state index < -0.39 is 6.10 Å². The first-order valence-electron chi connectivity index (χ1n) is 6.83. The number of benzene rings is 2. The first-order chi connectivity index (χ1) is 9.27. The van der Waals surface area contributed by atoms with E-state index in [4.69, 9.17) is 0 Å². The number of aliphatic hydroxyl groups is 1. The average molecular weight is 272 g/mol. The zero-order chi connectivity index (χ0) is 14.9. The molecule has 0 aliphatic rings. The summed E-state index contributed by atoms with van der Waals surface area (Å²) in [5.74, 6) is -0.314. The number of aryl methyl sites for hydroxylation is 1. The normalized spacial score (nSPS) is 13.3. The van der Waals surface area contributed by atoms with Gasteiger partial charge in [0.05, 0.1) is 0 Å². The van der Waals surface area contributed by atoms with Gasteiger partial charge in [-0.1, -0.05) is 51.1 Å². The smallest absolute Gasteiger partial charge is 0.123 e. The molecule has 20 heavy (non-hydrogen) atoms. The van der Waals surface area contributed by atoms with Gasteiger partial charge in [-0.3, -0.25) is 0 Å². The molecule has 0 heterocycles. The van der Waals surface area contributed by atoms with Crippen LogP contribution in [0.5, 0.6) is 0 Å². The number of hydrogen-bond donors (Lipinski definition) is 1. The third-order valence-corrected chi connectivity index (χ3v) is 3.47. The van der Waals surface area contributed by atoms with Gasteiger partial charge in [0, 0.05) is 0 Å². The van der Waals surface area contributed by atoms with Crippen LogP contribution in [0, 0.1) is 12.7 Å². The van der Waals surface area contributed by atoms with Crippen molar-refractivity contribution >= 4 is 0 Å². The van der Waals surface area contributed by atoms with Crippen LogP contribution in [0.2, 0.25) is 0 Å². The molecule has 1 unspecified atom stereocenters. The Bertz CT molecular complexity index is 574. The Kier molecular flexibility index (Phi) is 3.96. The monoisotopic (exact) mass is 272 g/mol. The second-order valence-corrected chi connectivity index (χ2v) is 6.34. The minimum Gasteiger partial charge on any atom is -0.384 e. The number of hydrogen-bond acceptors (Lipinski definition) is 1. The van der Waals surface area contributed by atoms with Crippen molar-refractivity contribution < 1.29 is 9.50 Å². The molecule has 1 nitrogen and oxygen atoms in total. The van der Waals surface area contributed by atoms with Crippen molar-refractivity contribution in [1.82, 2.24) is 0 Å². The van der Waals surface area contributed by atoms with Gasteiger partial charge in [0.1, 0.15) is 11.9 Å². The fraction of sp³-hybridized carbons (Fsp3) is 0.333. The second-order valence-electron chi connectivity index (χ2n) is 6.34. The average Bonchev–Trinajstić information content (AvgIpc) is 2.36. The third kappa shape index (κ3) is 3.26. The Morgan fingerprint density at radius 1 is 0.950 bits per heavy atom. The van der Waals surface area contributed by atoms with Gasteiger partial charge in [-0.25, -0.2) is 4.39 Å². The maximum atomic E-state index is 13.4. The van der Waals surface area contributed by atoms with Gasteiger partial charge in [-0.15, -0.1) is 0 Å². The molecule has 1 N–H and O–H groups in total. The van der Waals surface area contributed by atoms with E-state index in [1.54, 1.807) is 0 Å². The van der Waals surface area contributed by atoms with Gasteiger partial charge in [-0.05, 0) is 46.7 Å². The summed E-state index contributed by atoms with van der Waals surface area (Å²) < 4.78 is 13.4. The van der Waals surface area contributed by atoms with Gasteiger partial charge in [0.15, 0.2) is 0 Å². The molecule has 0 bridgehead atoms. The van der Waals surface area contributed by atoms with E-state index in [1.165, 1.54) is 17.7 Å². The molecule has 0 saturated heterocycles. The summed E-state index contributed by atoms with van der Waals surface area (Å²) in [4.78, 5) is 0. The highest BCUT2D eigenvalue weighted by Gasteiger charge is 2.16. The fourth-order valence-corrected chi connectivity index (χ4v) is 2.28. The van der Waals surface area contributed by atoms with Crippen molar-refractivity contribution in [3.05, 3.63) is 70.5 Å². The molecular weight excluding hydrogens is 251 g/mol. The zero-order valence-electron chi connectivity index (χ0n) is 12.4. The highest BCUT2D eigenvalue weighted by Crippen LogP contribution is 2.27. The Hall–Kier alpha value is -1.67. The van der Waals surface area contributed by atoms with Gasteiger partial charge in [0.25, 0.3) is 0 Å². The summed E-state index contributed by atoms with van der Waals surface area (Å²) in [6, 6.07) is 12.5. The summed E-state index contributed by atoms with van der Waals surface area (Å²) in [7, 11) is 0. The third-order valence-electron chi connectivity index (χ3n) is 3.47. The SMILES string of the molecule is Cc1cc(F)cc(C(O)c2ccc(C(C)(C)C)cc2)c1. The van der Waals surface area contributed by atoms with Gasteiger partial charge < -0.3 is 5.11 Å². The topological polar surface area (TPSA) is 20.2 Å². The van der Waals surface area contributed by atoms with Crippen LogP contribution in [-0.4, -0.2) is 5.11 Å². The Morgan fingerprint density at radius 2 is 1.55 bits per heavy atom. The van der Waals surface area contributed by atoms with Crippen molar-refractivity contribution in [2.24, 2.45) is 0 Å². The molecule has 0 aliphatic heterocycles. The lowest BCUT2D eigenvalue weighted by Crippen LogP contribution is -2.11. The highest BCUT2D eigenvalue weighted by atomic mass is 19.1. The van der Waals surface area contributed by atoms with Gasteiger partial charge in [0.2, 0.25) is 0 Å². The van der Waals surface area contributed by atoms with Crippen molar-refractivity contribution in [1.29, 1.82) is 0 Å². The molecule has 106 valence electrons. The minimum absolute atomic E-state index is 0.0823. The van der Waals surface area contributed by atoms with E-state index in [0.717, 1.165) is 11.1 Å². The quantitative estimate of drug-likeness (QED) is 0.852. The Morgan fingerprint density at radius 3 is 2.05 bits per heavy atom. The molecule has 2 aromatic carbocycles. The van der Waals surface area contributed by atoms with E-state index in [1.807, 2.05) is 37.3 Å². The van der Waals surface area contributed by atoms with E-state index in [9.17, 15) is 9.50 Å². The summed E-state index contributed by atoms with van der Waals surface area (Å²) in [5, 5.41) is 10.4. The molecule has 0 aromatic heterocycles. The van der Waals surface area contributed by atoms with Crippen LogP contribution in [0.15, 0.2) is 42.5 Å². The molecule has 0 fully saturated rings. The van der Waals surface area contributed by atoms with Crippen LogP contribution in [0.1, 0.15) is 49.1 Å². The van der Waals surface area contributed by atoms with Crippen molar-refractivity contribution in [2.75, 3.05) is 0 Å². The number of aliphatic hydroxyl groups excluding tert-OH is 1. The summed E-state index contributed by atoms with van der Waals surface area (Å²) >= 11 is 0. The second kappa shape index (κ2) is 5.37. The molecule has 0 spiro atoms. The van der Waals surface area contributed by atoms with E-state index >= 15 is 0 Å². The van der Waals surface area contributed by atoms with Gasteiger partial charge >= 0.3 is 0 Å². The highest BCUT2D eigenvalue weighted by molar-refractivity contribution is 5.35. The fourth-order valence-electron chi connectivity index (χ4n) is 2.28. The van der Waals surface area contributed by atoms with Crippen LogP contribution in [-0.2, 0) is 5.41 Å². The molecule has 0 amide bonds. The largest absolute Gasteiger partial charge is 0.384 e. The Labute approximate surface area is 120 Å². The molecule has 0 aliphatic carbocycles. The maximum Gasteiger partial charge on any atom is 0.123 e. The van der Waals surface area contributed by atoms with Crippen molar-refractivity contribution in [3.8, 4) is 0 Å². The van der Waals surface area contributed by atoms with Crippen LogP contribution < -0.4 is 0 Å². The molecule has 2 heteroatoms. The lowest BCUT2D eigenvalue weighted by atomic mass is 9.86. The van der Waals surface area contributed by atoms with Crippen LogP contribution in [0.25, 0.3) is 0 Å². The molecule has 0 saturated carbocycles. The van der Waals surface area contributed by atoms with E-state index in [2.05, 4.69) is 20.8 Å². The molecule has 0 radical (unpaired) electrons. The maximum absolute atomic E-state index is 13.4. The van der Waals surface area contributed by atoms with Crippen molar-refractivity contribution in [2.45, 2.75) is 39.2 Å². The lowest BCUT2D eigenvalue weighted by Gasteiger charge is -2.20. The van der Waals surface area contributed by atoms with Crippen molar-refractivity contribution in [3.63, 3.8) is 0 Å². The Balaban J connectivity index is 2.31.